The molecule has 0 saturated heterocycles. The molecule has 0 amide bonds. The molecule has 0 radical (unpaired) electrons. The molecule has 2 rings (SSSR count). The smallest absolute Gasteiger partial charge is 0.126 e. The van der Waals surface area contributed by atoms with Gasteiger partial charge in [0.2, 0.25) is 0 Å². The second-order valence-corrected chi connectivity index (χ2v) is 3.95. The molecule has 0 spiro atoms. The number of aromatic nitrogens is 2. The van der Waals surface area contributed by atoms with Gasteiger partial charge >= 0.3 is 0 Å². The number of nitrogens with one attached hydrogen (secondary N) is 1. The second-order valence-electron chi connectivity index (χ2n) is 3.95. The van der Waals surface area contributed by atoms with Crippen molar-refractivity contribution in [3.05, 3.63) is 29.7 Å². The van der Waals surface area contributed by atoms with Crippen LogP contribution in [-0.2, 0) is 6.42 Å². The monoisotopic (exact) mass is 231 g/mol. The topological polar surface area (TPSA) is 47.0 Å². The summed E-state index contributed by atoms with van der Waals surface area (Å²) in [6.07, 6.45) is 0.892. The van der Waals surface area contributed by atoms with E-state index in [1.807, 2.05) is 32.2 Å². The molecule has 1 N–H and O–H groups in total. The van der Waals surface area contributed by atoms with Gasteiger partial charge < -0.3 is 10.1 Å². The Kier molecular flexibility index (Phi) is 3.54. The first kappa shape index (κ1) is 11.8. The molecule has 0 unspecified atom stereocenters. The Morgan fingerprint density at radius 3 is 2.82 bits per heavy atom. The number of hydrogen-bond donors (Lipinski definition) is 1. The summed E-state index contributed by atoms with van der Waals surface area (Å²) in [4.78, 5) is 8.94. The lowest BCUT2D eigenvalue weighted by molar-refractivity contribution is 0.415. The number of aryl methyl sites for hydroxylation is 1. The van der Waals surface area contributed by atoms with Gasteiger partial charge in [0.1, 0.15) is 11.6 Å². The van der Waals surface area contributed by atoms with Gasteiger partial charge in [0.25, 0.3) is 0 Å². The van der Waals surface area contributed by atoms with Crippen molar-refractivity contribution in [1.29, 1.82) is 0 Å². The fourth-order valence-corrected chi connectivity index (χ4v) is 1.86. The number of methoxy groups -OCH3 is 1. The van der Waals surface area contributed by atoms with Crippen LogP contribution in [0.4, 0.5) is 0 Å². The summed E-state index contributed by atoms with van der Waals surface area (Å²) in [6.45, 7) is 2.83. The minimum atomic E-state index is 0.814. The summed E-state index contributed by atoms with van der Waals surface area (Å²) >= 11 is 0. The van der Waals surface area contributed by atoms with Crippen molar-refractivity contribution in [2.45, 2.75) is 13.3 Å². The van der Waals surface area contributed by atoms with Crippen LogP contribution in [0.1, 0.15) is 11.5 Å². The highest BCUT2D eigenvalue weighted by Gasteiger charge is 2.06. The molecule has 1 aromatic heterocycles. The third-order valence-corrected chi connectivity index (χ3v) is 2.71. The maximum absolute atomic E-state index is 5.24. The first-order valence-electron chi connectivity index (χ1n) is 5.70. The lowest BCUT2D eigenvalue weighted by Crippen LogP contribution is -2.12. The molecule has 0 aliphatic rings. The summed E-state index contributed by atoms with van der Waals surface area (Å²) in [6, 6.07) is 5.90. The third-order valence-electron chi connectivity index (χ3n) is 2.71. The van der Waals surface area contributed by atoms with Gasteiger partial charge in [0.15, 0.2) is 0 Å². The van der Waals surface area contributed by atoms with Gasteiger partial charge in [-0.15, -0.1) is 0 Å². The van der Waals surface area contributed by atoms with Crippen LogP contribution in [0, 0.1) is 6.92 Å². The van der Waals surface area contributed by atoms with E-state index in [0.29, 0.717) is 0 Å². The van der Waals surface area contributed by atoms with Gasteiger partial charge in [0.05, 0.1) is 18.3 Å². The van der Waals surface area contributed by atoms with Gasteiger partial charge in [-0.25, -0.2) is 9.97 Å². The predicted octanol–water partition coefficient (Wildman–Crippen LogP) is 1.71. The number of rotatable bonds is 4. The number of nitrogens with zero attached hydrogens (tertiary/aromatic N) is 2. The van der Waals surface area contributed by atoms with E-state index in [0.717, 1.165) is 41.1 Å². The number of benzene rings is 1. The Bertz CT molecular complexity index is 525. The molecule has 1 heterocycles. The average Bonchev–Trinajstić information content (AvgIpc) is 2.35. The standard InChI is InChI=1S/C13H17N3O/c1-9-15-12-5-4-10(17-3)8-11(12)13(16-9)6-7-14-2/h4-5,8,14H,6-7H2,1-3H3. The summed E-state index contributed by atoms with van der Waals surface area (Å²) < 4.78 is 5.24. The largest absolute Gasteiger partial charge is 0.497 e. The molecular formula is C13H17N3O. The highest BCUT2D eigenvalue weighted by Crippen LogP contribution is 2.22. The van der Waals surface area contributed by atoms with E-state index >= 15 is 0 Å². The van der Waals surface area contributed by atoms with E-state index in [1.54, 1.807) is 7.11 Å². The molecule has 17 heavy (non-hydrogen) atoms. The van der Waals surface area contributed by atoms with Gasteiger partial charge in [0, 0.05) is 18.4 Å². The Labute approximate surface area is 101 Å². The van der Waals surface area contributed by atoms with Crippen molar-refractivity contribution in [2.75, 3.05) is 20.7 Å². The molecule has 4 nitrogen and oxygen atoms in total. The highest BCUT2D eigenvalue weighted by molar-refractivity contribution is 5.82. The predicted molar refractivity (Wildman–Crippen MR) is 68.5 cm³/mol. The van der Waals surface area contributed by atoms with Crippen molar-refractivity contribution in [1.82, 2.24) is 15.3 Å². The van der Waals surface area contributed by atoms with E-state index < -0.39 is 0 Å². The minimum absolute atomic E-state index is 0.814. The van der Waals surface area contributed by atoms with Crippen molar-refractivity contribution in [3.63, 3.8) is 0 Å². The van der Waals surface area contributed by atoms with Crippen LogP contribution in [-0.4, -0.2) is 30.7 Å². The van der Waals surface area contributed by atoms with Crippen LogP contribution in [0.5, 0.6) is 5.75 Å². The van der Waals surface area contributed by atoms with Crippen LogP contribution >= 0.6 is 0 Å². The van der Waals surface area contributed by atoms with Crippen LogP contribution in [0.3, 0.4) is 0 Å². The average molecular weight is 231 g/mol. The third kappa shape index (κ3) is 2.53. The van der Waals surface area contributed by atoms with Crippen LogP contribution < -0.4 is 10.1 Å². The Morgan fingerprint density at radius 1 is 1.29 bits per heavy atom. The number of fused-ring (bicyclic) bond motifs is 1. The maximum Gasteiger partial charge on any atom is 0.126 e. The summed E-state index contributed by atoms with van der Waals surface area (Å²) in [5.41, 5.74) is 2.05. The molecule has 0 saturated carbocycles. The molecule has 90 valence electrons. The van der Waals surface area contributed by atoms with Gasteiger partial charge in [-0.05, 0) is 32.2 Å². The van der Waals surface area contributed by atoms with E-state index in [-0.39, 0.29) is 0 Å². The minimum Gasteiger partial charge on any atom is -0.497 e. The molecule has 0 atom stereocenters. The zero-order chi connectivity index (χ0) is 12.3. The summed E-state index contributed by atoms with van der Waals surface area (Å²) in [7, 11) is 3.61. The summed E-state index contributed by atoms with van der Waals surface area (Å²) in [5, 5.41) is 4.21. The molecule has 2 aromatic rings. The fraction of sp³-hybridized carbons (Fsp3) is 0.385. The van der Waals surface area contributed by atoms with Crippen molar-refractivity contribution >= 4 is 10.9 Å². The lowest BCUT2D eigenvalue weighted by Gasteiger charge is -2.08. The molecule has 0 fully saturated rings. The zero-order valence-corrected chi connectivity index (χ0v) is 10.4. The zero-order valence-electron chi connectivity index (χ0n) is 10.4. The van der Waals surface area contributed by atoms with Crippen LogP contribution in [0.2, 0.25) is 0 Å². The fourth-order valence-electron chi connectivity index (χ4n) is 1.86. The molecule has 0 aliphatic heterocycles. The van der Waals surface area contributed by atoms with Gasteiger partial charge in [-0.1, -0.05) is 0 Å². The van der Waals surface area contributed by atoms with Crippen molar-refractivity contribution in [3.8, 4) is 5.75 Å². The van der Waals surface area contributed by atoms with Gasteiger partial charge in [-0.2, -0.15) is 0 Å². The van der Waals surface area contributed by atoms with E-state index in [9.17, 15) is 0 Å². The first-order valence-corrected chi connectivity index (χ1v) is 5.70. The number of hydrogen-bond acceptors (Lipinski definition) is 4. The molecule has 0 bridgehead atoms. The molecule has 4 heteroatoms. The Balaban J connectivity index is 2.53. The normalized spacial score (nSPS) is 10.8. The summed E-state index contributed by atoms with van der Waals surface area (Å²) in [5.74, 6) is 1.66. The van der Waals surface area contributed by atoms with Crippen molar-refractivity contribution < 1.29 is 4.74 Å². The van der Waals surface area contributed by atoms with Crippen molar-refractivity contribution in [2.24, 2.45) is 0 Å². The highest BCUT2D eigenvalue weighted by atomic mass is 16.5. The first-order chi connectivity index (χ1) is 8.24. The lowest BCUT2D eigenvalue weighted by atomic mass is 10.1. The molecule has 1 aromatic carbocycles. The maximum atomic E-state index is 5.24. The Hall–Kier alpha value is -1.68. The van der Waals surface area contributed by atoms with Crippen LogP contribution in [0.25, 0.3) is 10.9 Å². The van der Waals surface area contributed by atoms with E-state index in [4.69, 9.17) is 4.74 Å². The number of likely N-dealkylation sites (N-methyl/N-ethyl adjacent to an activating group) is 1. The second kappa shape index (κ2) is 5.10. The van der Waals surface area contributed by atoms with Crippen LogP contribution in [0.15, 0.2) is 18.2 Å². The SMILES string of the molecule is CNCCc1nc(C)nc2ccc(OC)cc12. The quantitative estimate of drug-likeness (QED) is 0.870. The van der Waals surface area contributed by atoms with E-state index in [2.05, 4.69) is 15.3 Å². The van der Waals surface area contributed by atoms with E-state index in [1.165, 1.54) is 0 Å². The Morgan fingerprint density at radius 2 is 2.12 bits per heavy atom. The number of ether oxygens (including phenoxy) is 1. The molecular weight excluding hydrogens is 214 g/mol. The van der Waals surface area contributed by atoms with Gasteiger partial charge in [-0.3, -0.25) is 0 Å². The molecule has 0 aliphatic carbocycles.